The highest BCUT2D eigenvalue weighted by Gasteiger charge is 2.35. The molecule has 8 heteroatoms. The molecule has 1 saturated heterocycles. The van der Waals surface area contributed by atoms with Crippen LogP contribution in [0, 0.1) is 23.7 Å². The van der Waals surface area contributed by atoms with E-state index in [2.05, 4.69) is 16.0 Å². The van der Waals surface area contributed by atoms with Crippen LogP contribution in [0.5, 0.6) is 0 Å². The van der Waals surface area contributed by atoms with Crippen LogP contribution in [-0.4, -0.2) is 60.5 Å². The number of ketones is 1. The van der Waals surface area contributed by atoms with Gasteiger partial charge < -0.3 is 26.8 Å². The van der Waals surface area contributed by atoms with Crippen molar-refractivity contribution in [3.8, 4) is 0 Å². The van der Waals surface area contributed by atoms with Crippen molar-refractivity contribution in [2.75, 3.05) is 19.6 Å². The van der Waals surface area contributed by atoms with Gasteiger partial charge >= 0.3 is 0 Å². The molecule has 0 spiro atoms. The molecule has 2 rings (SSSR count). The summed E-state index contributed by atoms with van der Waals surface area (Å²) in [4.78, 5) is 37.8. The molecule has 0 aromatic heterocycles. The van der Waals surface area contributed by atoms with Crippen molar-refractivity contribution in [3.63, 3.8) is 0 Å². The number of aliphatic hydroxyl groups excluding tert-OH is 1. The van der Waals surface area contributed by atoms with Gasteiger partial charge in [-0.3, -0.25) is 14.4 Å². The molecular weight excluding hydrogens is 384 g/mol. The Labute approximate surface area is 180 Å². The van der Waals surface area contributed by atoms with E-state index in [-0.39, 0.29) is 30.1 Å². The quantitative estimate of drug-likeness (QED) is 0.362. The molecule has 1 unspecified atom stereocenters. The lowest BCUT2D eigenvalue weighted by Crippen LogP contribution is -2.59. The molecule has 0 radical (unpaired) electrons. The van der Waals surface area contributed by atoms with Gasteiger partial charge in [0.1, 0.15) is 6.04 Å². The molecule has 1 heterocycles. The number of hydrogen-bond donors (Lipinski definition) is 5. The van der Waals surface area contributed by atoms with Gasteiger partial charge in [0.05, 0.1) is 18.1 Å². The third kappa shape index (κ3) is 6.75. The van der Waals surface area contributed by atoms with Gasteiger partial charge in [-0.1, -0.05) is 46.0 Å². The van der Waals surface area contributed by atoms with Gasteiger partial charge in [0.2, 0.25) is 11.8 Å². The number of hydrogen-bond acceptors (Lipinski definition) is 6. The second-order valence-electron chi connectivity index (χ2n) is 9.33. The Balaban J connectivity index is 1.96. The van der Waals surface area contributed by atoms with Crippen molar-refractivity contribution >= 4 is 17.6 Å². The minimum atomic E-state index is -1.12. The Morgan fingerprint density at radius 1 is 1.03 bits per heavy atom. The first kappa shape index (κ1) is 24.8. The predicted octanol–water partition coefficient (Wildman–Crippen LogP) is 0.327. The zero-order valence-electron chi connectivity index (χ0n) is 18.7. The van der Waals surface area contributed by atoms with Crippen molar-refractivity contribution in [1.29, 1.82) is 0 Å². The zero-order valence-corrected chi connectivity index (χ0v) is 18.7. The average Bonchev–Trinajstić information content (AvgIpc) is 2.75. The number of piperidine rings is 1. The third-order valence-corrected chi connectivity index (χ3v) is 6.60. The standard InChI is InChI=1S/C22H40N4O4/c1-13(2)20(28)18(10-23)25-22(30)19(14(3)27)26-21(29)17-9-16(11-24-12-17)15-7-5-4-6-8-15/h13-19,24,27H,4-12,23H2,1-3H3,(H,25,30)(H,26,29)/t14-,16?,17-,18-,19-/m0/s1. The minimum Gasteiger partial charge on any atom is -0.391 e. The molecule has 5 atom stereocenters. The Morgan fingerprint density at radius 2 is 1.70 bits per heavy atom. The lowest BCUT2D eigenvalue weighted by atomic mass is 9.74. The van der Waals surface area contributed by atoms with E-state index in [1.54, 1.807) is 13.8 Å². The fraction of sp³-hybridized carbons (Fsp3) is 0.864. The van der Waals surface area contributed by atoms with Gasteiger partial charge in [0.15, 0.2) is 5.78 Å². The Bertz CT molecular complexity index is 590. The third-order valence-electron chi connectivity index (χ3n) is 6.60. The zero-order chi connectivity index (χ0) is 22.3. The SMILES string of the molecule is CC(C)C(=O)[C@H](CN)NC(=O)[C@@H](NC(=O)[C@@H]1CNCC(C2CCCCC2)C1)[C@H](C)O. The fourth-order valence-electron chi connectivity index (χ4n) is 4.73. The molecule has 172 valence electrons. The maximum absolute atomic E-state index is 12.9. The molecule has 2 amide bonds. The van der Waals surface area contributed by atoms with Crippen molar-refractivity contribution in [2.24, 2.45) is 29.4 Å². The number of amides is 2. The summed E-state index contributed by atoms with van der Waals surface area (Å²) in [6.45, 7) is 6.41. The van der Waals surface area contributed by atoms with Crippen LogP contribution < -0.4 is 21.7 Å². The summed E-state index contributed by atoms with van der Waals surface area (Å²) in [7, 11) is 0. The molecular formula is C22H40N4O4. The number of Topliss-reactive ketones (excluding diaryl/α,β-unsaturated/α-hetero) is 1. The summed E-state index contributed by atoms with van der Waals surface area (Å²) in [5.41, 5.74) is 5.65. The van der Waals surface area contributed by atoms with E-state index in [1.807, 2.05) is 0 Å². The normalized spacial score (nSPS) is 25.9. The van der Waals surface area contributed by atoms with Gasteiger partial charge in [0, 0.05) is 19.0 Å². The number of aliphatic hydroxyl groups is 1. The summed E-state index contributed by atoms with van der Waals surface area (Å²) >= 11 is 0. The summed E-state index contributed by atoms with van der Waals surface area (Å²) in [6, 6.07) is -1.95. The second kappa shape index (κ2) is 11.8. The maximum atomic E-state index is 12.9. The minimum absolute atomic E-state index is 0.0289. The molecule has 1 aliphatic carbocycles. The van der Waals surface area contributed by atoms with Gasteiger partial charge in [-0.2, -0.15) is 0 Å². The Morgan fingerprint density at radius 3 is 2.27 bits per heavy atom. The maximum Gasteiger partial charge on any atom is 0.245 e. The second-order valence-corrected chi connectivity index (χ2v) is 9.33. The van der Waals surface area contributed by atoms with Crippen molar-refractivity contribution in [1.82, 2.24) is 16.0 Å². The van der Waals surface area contributed by atoms with E-state index in [9.17, 15) is 19.5 Å². The highest BCUT2D eigenvalue weighted by Crippen LogP contribution is 2.34. The number of carbonyl (C=O) groups is 3. The number of rotatable bonds is 9. The summed E-state index contributed by atoms with van der Waals surface area (Å²) in [6.07, 6.45) is 5.99. The van der Waals surface area contributed by atoms with E-state index in [0.717, 1.165) is 13.0 Å². The Hall–Kier alpha value is -1.51. The van der Waals surface area contributed by atoms with Crippen LogP contribution >= 0.6 is 0 Å². The smallest absolute Gasteiger partial charge is 0.245 e. The van der Waals surface area contributed by atoms with E-state index in [4.69, 9.17) is 5.73 Å². The van der Waals surface area contributed by atoms with Crippen LogP contribution in [0.4, 0.5) is 0 Å². The van der Waals surface area contributed by atoms with Crippen molar-refractivity contribution in [2.45, 2.75) is 77.5 Å². The molecule has 1 aliphatic heterocycles. The van der Waals surface area contributed by atoms with Crippen LogP contribution in [0.1, 0.15) is 59.3 Å². The monoisotopic (exact) mass is 424 g/mol. The molecule has 30 heavy (non-hydrogen) atoms. The number of carbonyl (C=O) groups excluding carboxylic acids is 3. The highest BCUT2D eigenvalue weighted by atomic mass is 16.3. The van der Waals surface area contributed by atoms with Crippen LogP contribution in [0.25, 0.3) is 0 Å². The topological polar surface area (TPSA) is 134 Å². The molecule has 0 bridgehead atoms. The highest BCUT2D eigenvalue weighted by molar-refractivity contribution is 5.94. The lowest BCUT2D eigenvalue weighted by molar-refractivity contribution is -0.136. The van der Waals surface area contributed by atoms with E-state index >= 15 is 0 Å². The first-order chi connectivity index (χ1) is 14.2. The summed E-state index contributed by atoms with van der Waals surface area (Å²) < 4.78 is 0. The first-order valence-electron chi connectivity index (χ1n) is 11.5. The summed E-state index contributed by atoms with van der Waals surface area (Å²) in [5, 5.41) is 18.8. The van der Waals surface area contributed by atoms with Crippen molar-refractivity contribution < 1.29 is 19.5 Å². The Kier molecular flexibility index (Phi) is 9.71. The van der Waals surface area contributed by atoms with Crippen LogP contribution in [0.2, 0.25) is 0 Å². The van der Waals surface area contributed by atoms with E-state index in [1.165, 1.54) is 39.0 Å². The molecule has 0 aromatic carbocycles. The molecule has 2 fully saturated rings. The molecule has 8 nitrogen and oxygen atoms in total. The molecule has 0 aromatic rings. The molecule has 2 aliphatic rings. The largest absolute Gasteiger partial charge is 0.391 e. The number of nitrogens with two attached hydrogens (primary N) is 1. The lowest BCUT2D eigenvalue weighted by Gasteiger charge is -2.37. The molecule has 1 saturated carbocycles. The van der Waals surface area contributed by atoms with Crippen molar-refractivity contribution in [3.05, 3.63) is 0 Å². The predicted molar refractivity (Wildman–Crippen MR) is 115 cm³/mol. The van der Waals surface area contributed by atoms with Crippen LogP contribution in [0.15, 0.2) is 0 Å². The van der Waals surface area contributed by atoms with Gasteiger partial charge in [-0.05, 0) is 31.7 Å². The number of nitrogens with one attached hydrogen (secondary N) is 3. The molecule has 6 N–H and O–H groups in total. The van der Waals surface area contributed by atoms with E-state index < -0.39 is 24.1 Å². The van der Waals surface area contributed by atoms with Crippen LogP contribution in [-0.2, 0) is 14.4 Å². The average molecular weight is 425 g/mol. The van der Waals surface area contributed by atoms with Crippen LogP contribution in [0.3, 0.4) is 0 Å². The van der Waals surface area contributed by atoms with Gasteiger partial charge in [-0.15, -0.1) is 0 Å². The first-order valence-corrected chi connectivity index (χ1v) is 11.5. The fourth-order valence-corrected chi connectivity index (χ4v) is 4.73. The summed E-state index contributed by atoms with van der Waals surface area (Å²) in [5.74, 6) is -0.373. The van der Waals surface area contributed by atoms with Gasteiger partial charge in [0.25, 0.3) is 0 Å². The van der Waals surface area contributed by atoms with Gasteiger partial charge in [-0.25, -0.2) is 0 Å². The van der Waals surface area contributed by atoms with E-state index in [0.29, 0.717) is 18.4 Å².